The van der Waals surface area contributed by atoms with Gasteiger partial charge in [0.25, 0.3) is 0 Å². The number of aryl methyl sites for hydroxylation is 3. The van der Waals surface area contributed by atoms with E-state index in [-0.39, 0.29) is 0 Å². The molecule has 1 aliphatic rings. The fraction of sp³-hybridized carbons (Fsp3) is 0.360. The maximum absolute atomic E-state index is 12.6. The van der Waals surface area contributed by atoms with Crippen molar-refractivity contribution in [3.63, 3.8) is 0 Å². The van der Waals surface area contributed by atoms with E-state index in [2.05, 4.69) is 29.9 Å². The lowest BCUT2D eigenvalue weighted by atomic mass is 10.1. The topological polar surface area (TPSA) is 86.6 Å². The Morgan fingerprint density at radius 1 is 0.800 bits per heavy atom. The Morgan fingerprint density at radius 3 is 2.03 bits per heavy atom. The summed E-state index contributed by atoms with van der Waals surface area (Å²) in [6.45, 7) is 7.58. The number of ether oxygens (including phenoxy) is 1. The molecule has 0 atom stereocenters. The molecule has 0 aliphatic carbocycles. The van der Waals surface area contributed by atoms with E-state index in [1.165, 1.54) is 31.7 Å². The molecule has 4 aromatic rings. The SMILES string of the molecule is C1CCOCC1.Cc1ccccn1.Cc1nc2ncnc(-c3ccc(C(F)(F)F)nc3)c2nc1C. The van der Waals surface area contributed by atoms with Crippen LogP contribution in [0.15, 0.2) is 49.1 Å². The van der Waals surface area contributed by atoms with Crippen molar-refractivity contribution in [2.45, 2.75) is 46.2 Å². The van der Waals surface area contributed by atoms with Crippen LogP contribution >= 0.6 is 0 Å². The van der Waals surface area contributed by atoms with Gasteiger partial charge in [-0.15, -0.1) is 0 Å². The van der Waals surface area contributed by atoms with Crippen LogP contribution in [0.5, 0.6) is 0 Å². The first-order chi connectivity index (χ1) is 16.8. The zero-order valence-corrected chi connectivity index (χ0v) is 19.9. The Balaban J connectivity index is 0.000000213. The highest BCUT2D eigenvalue weighted by Crippen LogP contribution is 2.29. The molecule has 0 saturated carbocycles. The van der Waals surface area contributed by atoms with Gasteiger partial charge in [-0.1, -0.05) is 6.07 Å². The molecule has 1 saturated heterocycles. The number of nitrogens with zero attached hydrogens (tertiary/aromatic N) is 6. The summed E-state index contributed by atoms with van der Waals surface area (Å²) in [7, 11) is 0. The van der Waals surface area contributed by atoms with Crippen LogP contribution in [0.4, 0.5) is 13.2 Å². The van der Waals surface area contributed by atoms with E-state index >= 15 is 0 Å². The predicted molar refractivity (Wildman–Crippen MR) is 126 cm³/mol. The monoisotopic (exact) mass is 484 g/mol. The lowest BCUT2D eigenvalue weighted by Gasteiger charge is -2.08. The summed E-state index contributed by atoms with van der Waals surface area (Å²) >= 11 is 0. The average Bonchev–Trinajstić information content (AvgIpc) is 2.86. The molecule has 10 heteroatoms. The van der Waals surface area contributed by atoms with E-state index < -0.39 is 11.9 Å². The van der Waals surface area contributed by atoms with Gasteiger partial charge in [-0.05, 0) is 64.3 Å². The van der Waals surface area contributed by atoms with Crippen LogP contribution in [0.25, 0.3) is 22.4 Å². The van der Waals surface area contributed by atoms with Gasteiger partial charge in [0.2, 0.25) is 0 Å². The first-order valence-electron chi connectivity index (χ1n) is 11.2. The summed E-state index contributed by atoms with van der Waals surface area (Å²) < 4.78 is 42.8. The first-order valence-corrected chi connectivity index (χ1v) is 11.2. The van der Waals surface area contributed by atoms with Gasteiger partial charge < -0.3 is 4.74 Å². The fourth-order valence-corrected chi connectivity index (χ4v) is 3.09. The highest BCUT2D eigenvalue weighted by molar-refractivity contribution is 5.86. The fourth-order valence-electron chi connectivity index (χ4n) is 3.09. The third kappa shape index (κ3) is 7.74. The van der Waals surface area contributed by atoms with Gasteiger partial charge in [-0.25, -0.2) is 19.9 Å². The molecule has 0 unspecified atom stereocenters. The van der Waals surface area contributed by atoms with Gasteiger partial charge >= 0.3 is 6.18 Å². The lowest BCUT2D eigenvalue weighted by Crippen LogP contribution is -2.07. The molecular formula is C25H27F3N6O. The van der Waals surface area contributed by atoms with E-state index in [1.54, 1.807) is 13.1 Å². The Kier molecular flexibility index (Phi) is 9.13. The van der Waals surface area contributed by atoms with Crippen LogP contribution in [0.1, 0.15) is 42.0 Å². The van der Waals surface area contributed by atoms with Gasteiger partial charge in [-0.2, -0.15) is 13.2 Å². The molecule has 1 aliphatic heterocycles. The Labute approximate surface area is 201 Å². The molecule has 7 nitrogen and oxygen atoms in total. The van der Waals surface area contributed by atoms with Gasteiger partial charge in [0.1, 0.15) is 23.2 Å². The van der Waals surface area contributed by atoms with E-state index in [0.717, 1.165) is 36.9 Å². The zero-order valence-electron chi connectivity index (χ0n) is 19.9. The minimum atomic E-state index is -4.47. The molecule has 0 bridgehead atoms. The number of aromatic nitrogens is 6. The van der Waals surface area contributed by atoms with Crippen molar-refractivity contribution in [1.29, 1.82) is 0 Å². The Hall–Kier alpha value is -3.53. The van der Waals surface area contributed by atoms with Crippen molar-refractivity contribution < 1.29 is 17.9 Å². The lowest BCUT2D eigenvalue weighted by molar-refractivity contribution is -0.141. The summed E-state index contributed by atoms with van der Waals surface area (Å²) in [6.07, 6.45) is 3.68. The molecule has 0 aromatic carbocycles. The number of fused-ring (bicyclic) bond motifs is 1. The number of hydrogen-bond acceptors (Lipinski definition) is 7. The van der Waals surface area contributed by atoms with Gasteiger partial charge in [0.05, 0.1) is 11.4 Å². The molecule has 0 amide bonds. The van der Waals surface area contributed by atoms with Crippen molar-refractivity contribution >= 4 is 11.2 Å². The highest BCUT2D eigenvalue weighted by atomic mass is 19.4. The molecule has 0 N–H and O–H groups in total. The van der Waals surface area contributed by atoms with E-state index in [0.29, 0.717) is 28.1 Å². The van der Waals surface area contributed by atoms with E-state index in [1.807, 2.05) is 32.0 Å². The molecule has 184 valence electrons. The number of hydrogen-bond donors (Lipinski definition) is 0. The van der Waals surface area contributed by atoms with Crippen molar-refractivity contribution in [3.05, 3.63) is 71.8 Å². The van der Waals surface area contributed by atoms with Crippen molar-refractivity contribution in [3.8, 4) is 11.3 Å². The summed E-state index contributed by atoms with van der Waals surface area (Å²) in [6, 6.07) is 8.08. The van der Waals surface area contributed by atoms with Crippen molar-refractivity contribution in [2.75, 3.05) is 13.2 Å². The standard InChI is InChI=1S/C14H10F3N5.C6H7N.C5H10O/c1-7-8(2)22-13-12(21-7)11(19-6-20-13)9-3-4-10(18-5-9)14(15,16)17;1-6-4-2-3-5-7-6;1-2-4-6-5-3-1/h3-6H,1-2H3;2-5H,1H3;1-5H2. The van der Waals surface area contributed by atoms with Crippen LogP contribution in [-0.2, 0) is 10.9 Å². The summed E-state index contributed by atoms with van der Waals surface area (Å²) in [5.74, 6) is 0. The minimum absolute atomic E-state index is 0.396. The minimum Gasteiger partial charge on any atom is -0.381 e. The number of alkyl halides is 3. The molecule has 4 aromatic heterocycles. The van der Waals surface area contributed by atoms with Crippen molar-refractivity contribution in [1.82, 2.24) is 29.9 Å². The maximum atomic E-state index is 12.6. The molecule has 35 heavy (non-hydrogen) atoms. The highest BCUT2D eigenvalue weighted by Gasteiger charge is 2.32. The predicted octanol–water partition coefficient (Wildman–Crippen LogP) is 5.69. The molecule has 5 rings (SSSR count). The van der Waals surface area contributed by atoms with Crippen LogP contribution in [-0.4, -0.2) is 43.1 Å². The Morgan fingerprint density at radius 2 is 1.54 bits per heavy atom. The van der Waals surface area contributed by atoms with Gasteiger partial charge in [0, 0.05) is 36.9 Å². The Bertz CT molecular complexity index is 1200. The number of rotatable bonds is 1. The first kappa shape index (κ1) is 26.1. The number of halogens is 3. The number of pyridine rings is 2. The molecule has 0 spiro atoms. The molecular weight excluding hydrogens is 457 g/mol. The third-order valence-corrected chi connectivity index (χ3v) is 5.10. The van der Waals surface area contributed by atoms with E-state index in [4.69, 9.17) is 4.74 Å². The van der Waals surface area contributed by atoms with Crippen molar-refractivity contribution in [2.24, 2.45) is 0 Å². The average molecular weight is 485 g/mol. The van der Waals surface area contributed by atoms with Crippen LogP contribution in [0.3, 0.4) is 0 Å². The summed E-state index contributed by atoms with van der Waals surface area (Å²) in [4.78, 5) is 24.3. The van der Waals surface area contributed by atoms with Crippen LogP contribution < -0.4 is 0 Å². The second-order valence-electron chi connectivity index (χ2n) is 7.86. The second kappa shape index (κ2) is 12.3. The molecule has 1 fully saturated rings. The van der Waals surface area contributed by atoms with Crippen LogP contribution in [0, 0.1) is 20.8 Å². The van der Waals surface area contributed by atoms with Gasteiger partial charge in [-0.3, -0.25) is 9.97 Å². The van der Waals surface area contributed by atoms with E-state index in [9.17, 15) is 13.2 Å². The largest absolute Gasteiger partial charge is 0.433 e. The third-order valence-electron chi connectivity index (χ3n) is 5.10. The smallest absolute Gasteiger partial charge is 0.381 e. The van der Waals surface area contributed by atoms with Crippen LogP contribution in [0.2, 0.25) is 0 Å². The maximum Gasteiger partial charge on any atom is 0.433 e. The summed E-state index contributed by atoms with van der Waals surface area (Å²) in [5.41, 5.74) is 3.24. The molecule has 0 radical (unpaired) electrons. The molecule has 5 heterocycles. The zero-order chi connectivity index (χ0) is 25.3. The van der Waals surface area contributed by atoms with Gasteiger partial charge in [0.15, 0.2) is 5.65 Å². The normalized spacial score (nSPS) is 13.3. The quantitative estimate of drug-likeness (QED) is 0.343. The second-order valence-corrected chi connectivity index (χ2v) is 7.86. The summed E-state index contributed by atoms with van der Waals surface area (Å²) in [5, 5.41) is 0.